The molecule has 1 fully saturated rings. The molecule has 0 spiro atoms. The number of amides is 1. The molecule has 0 radical (unpaired) electrons. The molecule has 29 heavy (non-hydrogen) atoms. The summed E-state index contributed by atoms with van der Waals surface area (Å²) in [5, 5.41) is 7.19. The standard InChI is InChI=1S/C21H21FN4O3/c1-28-17-10-7-14(12-18(17)29-2)21(27)26-11-3-4-16(26)20-23-19(24-25-20)13-5-8-15(22)9-6-13/h5-10,12,16H,3-4,11H2,1-2H3,(H,23,24,25). The Kier molecular flexibility index (Phi) is 5.16. The molecule has 2 heterocycles. The van der Waals surface area contributed by atoms with Gasteiger partial charge in [-0.3, -0.25) is 9.89 Å². The van der Waals surface area contributed by atoms with Crippen molar-refractivity contribution in [1.29, 1.82) is 0 Å². The van der Waals surface area contributed by atoms with Crippen molar-refractivity contribution in [2.45, 2.75) is 18.9 Å². The lowest BCUT2D eigenvalue weighted by Crippen LogP contribution is -2.31. The maximum absolute atomic E-state index is 13.1. The van der Waals surface area contributed by atoms with Gasteiger partial charge >= 0.3 is 0 Å². The van der Waals surface area contributed by atoms with Gasteiger partial charge in [-0.2, -0.15) is 5.10 Å². The van der Waals surface area contributed by atoms with Gasteiger partial charge in [0.15, 0.2) is 17.3 Å². The third-order valence-electron chi connectivity index (χ3n) is 5.06. The zero-order valence-electron chi connectivity index (χ0n) is 16.2. The largest absolute Gasteiger partial charge is 0.493 e. The van der Waals surface area contributed by atoms with Crippen LogP contribution < -0.4 is 9.47 Å². The summed E-state index contributed by atoms with van der Waals surface area (Å²) >= 11 is 0. The minimum Gasteiger partial charge on any atom is -0.493 e. The summed E-state index contributed by atoms with van der Waals surface area (Å²) < 4.78 is 23.7. The van der Waals surface area contributed by atoms with Crippen LogP contribution in [0.2, 0.25) is 0 Å². The van der Waals surface area contributed by atoms with Crippen molar-refractivity contribution in [2.24, 2.45) is 0 Å². The van der Waals surface area contributed by atoms with E-state index >= 15 is 0 Å². The molecule has 150 valence electrons. The first kappa shape index (κ1) is 18.9. The molecule has 7 nitrogen and oxygen atoms in total. The summed E-state index contributed by atoms with van der Waals surface area (Å²) in [6.45, 7) is 0.629. The lowest BCUT2D eigenvalue weighted by Gasteiger charge is -2.23. The van der Waals surface area contributed by atoms with Crippen LogP contribution in [0.4, 0.5) is 4.39 Å². The van der Waals surface area contributed by atoms with Gasteiger partial charge in [-0.25, -0.2) is 9.37 Å². The Hall–Kier alpha value is -3.42. The molecule has 0 aliphatic carbocycles. The minimum atomic E-state index is -0.313. The fourth-order valence-electron chi connectivity index (χ4n) is 3.58. The highest BCUT2D eigenvalue weighted by molar-refractivity contribution is 5.95. The summed E-state index contributed by atoms with van der Waals surface area (Å²) in [7, 11) is 3.09. The Morgan fingerprint density at radius 2 is 1.90 bits per heavy atom. The maximum atomic E-state index is 13.1. The second kappa shape index (κ2) is 7.90. The number of aromatic nitrogens is 3. The fourth-order valence-corrected chi connectivity index (χ4v) is 3.58. The summed E-state index contributed by atoms with van der Waals surface area (Å²) in [5.41, 5.74) is 1.23. The molecule has 1 atom stereocenters. The molecular weight excluding hydrogens is 375 g/mol. The van der Waals surface area contributed by atoms with Crippen molar-refractivity contribution in [1.82, 2.24) is 20.1 Å². The summed E-state index contributed by atoms with van der Waals surface area (Å²) in [6.07, 6.45) is 1.66. The van der Waals surface area contributed by atoms with Crippen molar-refractivity contribution in [3.05, 3.63) is 59.7 Å². The molecule has 2 aromatic carbocycles. The lowest BCUT2D eigenvalue weighted by atomic mass is 10.1. The minimum absolute atomic E-state index is 0.104. The summed E-state index contributed by atoms with van der Waals surface area (Å²) in [4.78, 5) is 19.5. The average Bonchev–Trinajstić information content (AvgIpc) is 3.42. The van der Waals surface area contributed by atoms with Gasteiger partial charge in [-0.1, -0.05) is 0 Å². The van der Waals surface area contributed by atoms with Gasteiger partial charge in [-0.05, 0) is 55.3 Å². The monoisotopic (exact) mass is 396 g/mol. The van der Waals surface area contributed by atoms with Crippen LogP contribution in [0.1, 0.15) is 35.1 Å². The number of methoxy groups -OCH3 is 2. The first-order valence-electron chi connectivity index (χ1n) is 9.32. The first-order chi connectivity index (χ1) is 14.1. The molecule has 8 heteroatoms. The van der Waals surface area contributed by atoms with E-state index in [2.05, 4.69) is 15.2 Å². The maximum Gasteiger partial charge on any atom is 0.254 e. The normalized spacial score (nSPS) is 16.1. The molecule has 1 aromatic heterocycles. The zero-order chi connectivity index (χ0) is 20.4. The van der Waals surface area contributed by atoms with Crippen molar-refractivity contribution >= 4 is 5.91 Å². The van der Waals surface area contributed by atoms with E-state index in [1.807, 2.05) is 0 Å². The Labute approximate surface area is 167 Å². The number of ether oxygens (including phenoxy) is 2. The van der Waals surface area contributed by atoms with Gasteiger partial charge < -0.3 is 14.4 Å². The molecular formula is C21H21FN4O3. The molecule has 3 aromatic rings. The molecule has 1 unspecified atom stereocenters. The molecule has 0 saturated carbocycles. The van der Waals surface area contributed by atoms with E-state index in [0.717, 1.165) is 12.8 Å². The number of likely N-dealkylation sites (tertiary alicyclic amines) is 1. The fraction of sp³-hybridized carbons (Fsp3) is 0.286. The lowest BCUT2D eigenvalue weighted by molar-refractivity contribution is 0.0729. The van der Waals surface area contributed by atoms with E-state index in [1.54, 1.807) is 42.3 Å². The van der Waals surface area contributed by atoms with Gasteiger partial charge in [0.2, 0.25) is 0 Å². The van der Waals surface area contributed by atoms with Gasteiger partial charge in [-0.15, -0.1) is 0 Å². The number of benzene rings is 2. The Balaban J connectivity index is 1.58. The van der Waals surface area contributed by atoms with E-state index in [1.165, 1.54) is 19.2 Å². The molecule has 1 N–H and O–H groups in total. The number of rotatable bonds is 5. The number of hydrogen-bond donors (Lipinski definition) is 1. The van der Waals surface area contributed by atoms with Crippen LogP contribution in [0.5, 0.6) is 11.5 Å². The topological polar surface area (TPSA) is 80.3 Å². The molecule has 4 rings (SSSR count). The second-order valence-corrected chi connectivity index (χ2v) is 6.78. The highest BCUT2D eigenvalue weighted by Gasteiger charge is 2.33. The van der Waals surface area contributed by atoms with E-state index in [4.69, 9.17) is 9.47 Å². The molecule has 1 saturated heterocycles. The highest BCUT2D eigenvalue weighted by Crippen LogP contribution is 2.34. The third kappa shape index (κ3) is 3.65. The van der Waals surface area contributed by atoms with Gasteiger partial charge in [0.25, 0.3) is 5.91 Å². The summed E-state index contributed by atoms with van der Waals surface area (Å²) in [5.74, 6) is 1.76. The number of aromatic amines is 1. The number of carbonyl (C=O) groups excluding carboxylic acids is 1. The number of H-pyrrole nitrogens is 1. The van der Waals surface area contributed by atoms with Crippen LogP contribution >= 0.6 is 0 Å². The van der Waals surface area contributed by atoms with Gasteiger partial charge in [0.1, 0.15) is 11.6 Å². The third-order valence-corrected chi connectivity index (χ3v) is 5.06. The molecule has 1 aliphatic heterocycles. The SMILES string of the molecule is COc1ccc(C(=O)N2CCCC2c2nc(-c3ccc(F)cc3)n[nH]2)cc1OC. The summed E-state index contributed by atoms with van der Waals surface area (Å²) in [6, 6.07) is 10.9. The Bertz CT molecular complexity index is 1020. The smallest absolute Gasteiger partial charge is 0.254 e. The first-order valence-corrected chi connectivity index (χ1v) is 9.32. The van der Waals surface area contributed by atoms with E-state index < -0.39 is 0 Å². The predicted molar refractivity (Wildman–Crippen MR) is 104 cm³/mol. The van der Waals surface area contributed by atoms with Crippen molar-refractivity contribution in [3.8, 4) is 22.9 Å². The van der Waals surface area contributed by atoms with Crippen molar-refractivity contribution < 1.29 is 18.7 Å². The predicted octanol–water partition coefficient (Wildman–Crippen LogP) is 3.61. The van der Waals surface area contributed by atoms with Crippen LogP contribution in [-0.4, -0.2) is 46.8 Å². The Morgan fingerprint density at radius 3 is 2.62 bits per heavy atom. The van der Waals surface area contributed by atoms with Crippen LogP contribution in [0, 0.1) is 5.82 Å². The number of halogens is 1. The van der Waals surface area contributed by atoms with Crippen LogP contribution in [-0.2, 0) is 0 Å². The second-order valence-electron chi connectivity index (χ2n) is 6.78. The zero-order valence-corrected chi connectivity index (χ0v) is 16.2. The van der Waals surface area contributed by atoms with E-state index in [9.17, 15) is 9.18 Å². The van der Waals surface area contributed by atoms with Gasteiger partial charge in [0.05, 0.1) is 20.3 Å². The van der Waals surface area contributed by atoms with E-state index in [0.29, 0.717) is 40.8 Å². The highest BCUT2D eigenvalue weighted by atomic mass is 19.1. The van der Waals surface area contributed by atoms with Crippen molar-refractivity contribution in [3.63, 3.8) is 0 Å². The number of nitrogens with one attached hydrogen (secondary N) is 1. The number of hydrogen-bond acceptors (Lipinski definition) is 5. The van der Waals surface area contributed by atoms with Crippen LogP contribution in [0.25, 0.3) is 11.4 Å². The number of nitrogens with zero attached hydrogens (tertiary/aromatic N) is 3. The quantitative estimate of drug-likeness (QED) is 0.713. The molecule has 1 aliphatic rings. The van der Waals surface area contributed by atoms with E-state index in [-0.39, 0.29) is 17.8 Å². The molecule has 1 amide bonds. The van der Waals surface area contributed by atoms with Gasteiger partial charge in [0, 0.05) is 17.7 Å². The van der Waals surface area contributed by atoms with Crippen LogP contribution in [0.15, 0.2) is 42.5 Å². The Morgan fingerprint density at radius 1 is 1.14 bits per heavy atom. The molecule has 0 bridgehead atoms. The average molecular weight is 396 g/mol. The van der Waals surface area contributed by atoms with Crippen LogP contribution in [0.3, 0.4) is 0 Å². The number of carbonyl (C=O) groups is 1. The van der Waals surface area contributed by atoms with Crippen molar-refractivity contribution in [2.75, 3.05) is 20.8 Å².